The molecular weight excluding hydrogens is 350 g/mol. The van der Waals surface area contributed by atoms with Gasteiger partial charge in [0.25, 0.3) is 5.91 Å². The van der Waals surface area contributed by atoms with Gasteiger partial charge in [-0.2, -0.15) is 0 Å². The normalized spacial score (nSPS) is 24.6. The number of rotatable bonds is 2. The molecule has 1 aromatic rings. The van der Waals surface area contributed by atoms with Gasteiger partial charge in [-0.25, -0.2) is 0 Å². The van der Waals surface area contributed by atoms with E-state index in [2.05, 4.69) is 10.1 Å². The molecule has 136 valence electrons. The molecule has 3 aliphatic heterocycles. The highest BCUT2D eigenvalue weighted by molar-refractivity contribution is 8.00. The zero-order valence-electron chi connectivity index (χ0n) is 14.8. The molecule has 1 N–H and O–H groups in total. The van der Waals surface area contributed by atoms with Crippen LogP contribution in [0.4, 0.5) is 11.4 Å². The lowest BCUT2D eigenvalue weighted by Gasteiger charge is -2.41. The smallest absolute Gasteiger partial charge is 0.260 e. The van der Waals surface area contributed by atoms with Crippen LogP contribution in [0.1, 0.15) is 19.4 Å². The molecule has 26 heavy (non-hydrogen) atoms. The largest absolute Gasteiger partial charge is 0.360 e. The number of anilines is 2. The van der Waals surface area contributed by atoms with Gasteiger partial charge in [0.2, 0.25) is 5.91 Å². The van der Waals surface area contributed by atoms with Crippen molar-refractivity contribution in [3.8, 4) is 0 Å². The number of nitrogens with one attached hydrogen (secondary N) is 1. The summed E-state index contributed by atoms with van der Waals surface area (Å²) >= 11 is 1.56. The maximum atomic E-state index is 13.0. The van der Waals surface area contributed by atoms with Gasteiger partial charge in [-0.1, -0.05) is 24.1 Å². The van der Waals surface area contributed by atoms with E-state index in [-0.39, 0.29) is 17.9 Å². The maximum Gasteiger partial charge on any atom is 0.260 e. The highest BCUT2D eigenvalue weighted by Crippen LogP contribution is 2.39. The minimum Gasteiger partial charge on any atom is -0.360 e. The molecule has 0 saturated heterocycles. The zero-order valence-corrected chi connectivity index (χ0v) is 15.6. The Morgan fingerprint density at radius 3 is 2.81 bits per heavy atom. The number of ether oxygens (including phenoxy) is 1. The van der Waals surface area contributed by atoms with Gasteiger partial charge in [-0.15, -0.1) is 0 Å². The Labute approximate surface area is 157 Å². The van der Waals surface area contributed by atoms with Gasteiger partial charge in [0, 0.05) is 20.0 Å². The number of hydrogen-bond acceptors (Lipinski definition) is 5. The van der Waals surface area contributed by atoms with E-state index in [4.69, 9.17) is 4.74 Å². The van der Waals surface area contributed by atoms with Crippen LogP contribution in [0.5, 0.6) is 0 Å². The van der Waals surface area contributed by atoms with E-state index in [0.29, 0.717) is 13.2 Å². The van der Waals surface area contributed by atoms with E-state index in [1.807, 2.05) is 31.2 Å². The molecule has 1 aromatic carbocycles. The van der Waals surface area contributed by atoms with Crippen LogP contribution in [0.3, 0.4) is 0 Å². The van der Waals surface area contributed by atoms with Gasteiger partial charge in [0.15, 0.2) is 6.10 Å². The number of hydrogen-bond donors (Lipinski definition) is 1. The van der Waals surface area contributed by atoms with E-state index in [1.54, 1.807) is 34.7 Å². The first-order valence-electron chi connectivity index (χ1n) is 8.67. The van der Waals surface area contributed by atoms with Gasteiger partial charge < -0.3 is 14.5 Å². The van der Waals surface area contributed by atoms with Crippen molar-refractivity contribution >= 4 is 40.7 Å². The zero-order chi connectivity index (χ0) is 18.3. The van der Waals surface area contributed by atoms with Crippen LogP contribution in [-0.4, -0.2) is 43.7 Å². The average Bonchev–Trinajstić information content (AvgIpc) is 3.33. The second kappa shape index (κ2) is 6.90. The Bertz CT molecular complexity index is 820. The molecule has 7 heteroatoms. The summed E-state index contributed by atoms with van der Waals surface area (Å²) in [5.41, 5.74) is 3.77. The second-order valence-electron chi connectivity index (χ2n) is 6.65. The molecule has 3 aliphatic rings. The summed E-state index contributed by atoms with van der Waals surface area (Å²) < 4.78 is 8.73. The molecule has 2 atom stereocenters. The average molecular weight is 371 g/mol. The summed E-state index contributed by atoms with van der Waals surface area (Å²) in [6.45, 7) is 5.22. The standard InChI is InChI=1S/C19H21N3O3S/c1-12-10-21(19(24)18-4-3-7-25-18)17-8-14(15-9-20-26-11-15)5-6-16(17)22(12)13(2)23/h3-6,8,11-12,18,20H,7,9-10H2,1-2H3/t12-,18?/m0/s1. The van der Waals surface area contributed by atoms with Crippen molar-refractivity contribution in [1.29, 1.82) is 0 Å². The van der Waals surface area contributed by atoms with Crippen LogP contribution in [0, 0.1) is 0 Å². The van der Waals surface area contributed by atoms with Crippen molar-refractivity contribution in [2.45, 2.75) is 26.0 Å². The fraction of sp³-hybridized carbons (Fsp3) is 0.368. The minimum atomic E-state index is -0.550. The van der Waals surface area contributed by atoms with Crippen LogP contribution in [0.25, 0.3) is 5.57 Å². The quantitative estimate of drug-likeness (QED) is 0.639. The Morgan fingerprint density at radius 1 is 1.31 bits per heavy atom. The SMILES string of the molecule is CC(=O)N1c2ccc(C3=CSNC3)cc2N(C(=O)C2C=CCO2)C[C@@H]1C. The fourth-order valence-corrected chi connectivity index (χ4v) is 4.34. The number of amides is 2. The van der Waals surface area contributed by atoms with Gasteiger partial charge in [0.05, 0.1) is 24.0 Å². The highest BCUT2D eigenvalue weighted by Gasteiger charge is 2.36. The van der Waals surface area contributed by atoms with E-state index in [9.17, 15) is 9.59 Å². The lowest BCUT2D eigenvalue weighted by atomic mass is 10.0. The summed E-state index contributed by atoms with van der Waals surface area (Å²) in [6, 6.07) is 5.87. The van der Waals surface area contributed by atoms with Crippen LogP contribution < -0.4 is 14.5 Å². The lowest BCUT2D eigenvalue weighted by Crippen LogP contribution is -2.53. The van der Waals surface area contributed by atoms with Gasteiger partial charge in [0.1, 0.15) is 0 Å². The van der Waals surface area contributed by atoms with Crippen molar-refractivity contribution in [3.05, 3.63) is 41.3 Å². The summed E-state index contributed by atoms with van der Waals surface area (Å²) in [6.07, 6.45) is 3.11. The molecule has 0 bridgehead atoms. The number of carbonyl (C=O) groups is 2. The topological polar surface area (TPSA) is 61.9 Å². The molecule has 0 saturated carbocycles. The number of fused-ring (bicyclic) bond motifs is 1. The number of benzene rings is 1. The van der Waals surface area contributed by atoms with Crippen molar-refractivity contribution in [3.63, 3.8) is 0 Å². The van der Waals surface area contributed by atoms with Gasteiger partial charge in [-0.3, -0.25) is 14.3 Å². The maximum absolute atomic E-state index is 13.0. The first kappa shape index (κ1) is 17.3. The molecule has 0 spiro atoms. The van der Waals surface area contributed by atoms with E-state index >= 15 is 0 Å². The molecule has 1 unspecified atom stereocenters. The third-order valence-electron chi connectivity index (χ3n) is 4.86. The molecule has 0 aromatic heterocycles. The Morgan fingerprint density at radius 2 is 2.15 bits per heavy atom. The summed E-state index contributed by atoms with van der Waals surface area (Å²) in [5, 5.41) is 2.07. The summed E-state index contributed by atoms with van der Waals surface area (Å²) in [5.74, 6) is -0.104. The Balaban J connectivity index is 1.78. The van der Waals surface area contributed by atoms with Gasteiger partial charge >= 0.3 is 0 Å². The van der Waals surface area contributed by atoms with Crippen LogP contribution >= 0.6 is 11.9 Å². The molecule has 0 aliphatic carbocycles. The first-order valence-corrected chi connectivity index (χ1v) is 9.55. The summed E-state index contributed by atoms with van der Waals surface area (Å²) in [4.78, 5) is 28.8. The molecule has 6 nitrogen and oxygen atoms in total. The van der Waals surface area contributed by atoms with Crippen molar-refractivity contribution in [1.82, 2.24) is 4.72 Å². The lowest BCUT2D eigenvalue weighted by molar-refractivity contribution is -0.126. The summed E-state index contributed by atoms with van der Waals surface area (Å²) in [7, 11) is 0. The molecule has 2 amide bonds. The predicted octanol–water partition coefficient (Wildman–Crippen LogP) is 2.32. The first-order chi connectivity index (χ1) is 12.6. The third kappa shape index (κ3) is 2.96. The van der Waals surface area contributed by atoms with Crippen molar-refractivity contribution < 1.29 is 14.3 Å². The Kier molecular flexibility index (Phi) is 4.60. The van der Waals surface area contributed by atoms with Crippen LogP contribution in [0.15, 0.2) is 35.8 Å². The minimum absolute atomic E-state index is 0.0204. The van der Waals surface area contributed by atoms with E-state index in [0.717, 1.165) is 23.5 Å². The molecule has 4 rings (SSSR count). The van der Waals surface area contributed by atoms with Crippen LogP contribution in [0.2, 0.25) is 0 Å². The Hall–Kier alpha value is -2.09. The molecule has 3 heterocycles. The van der Waals surface area contributed by atoms with Crippen LogP contribution in [-0.2, 0) is 14.3 Å². The van der Waals surface area contributed by atoms with Crippen molar-refractivity contribution in [2.75, 3.05) is 29.5 Å². The number of nitrogens with zero attached hydrogens (tertiary/aromatic N) is 2. The molecule has 0 radical (unpaired) electrons. The van der Waals surface area contributed by atoms with E-state index < -0.39 is 6.10 Å². The fourth-order valence-electron chi connectivity index (χ4n) is 3.66. The highest BCUT2D eigenvalue weighted by atomic mass is 32.2. The molecular formula is C19H21N3O3S. The van der Waals surface area contributed by atoms with E-state index in [1.165, 1.54) is 5.57 Å². The third-order valence-corrected chi connectivity index (χ3v) is 5.58. The van der Waals surface area contributed by atoms with Gasteiger partial charge in [-0.05, 0) is 41.7 Å². The number of carbonyl (C=O) groups excluding carboxylic acids is 2. The van der Waals surface area contributed by atoms with Crippen molar-refractivity contribution in [2.24, 2.45) is 0 Å². The second-order valence-corrected chi connectivity index (χ2v) is 7.41. The predicted molar refractivity (Wildman–Crippen MR) is 104 cm³/mol. The molecule has 0 fully saturated rings. The monoisotopic (exact) mass is 371 g/mol.